The fraction of sp³-hybridized carbons (Fsp3) is 0.286. The Morgan fingerprint density at radius 1 is 1.30 bits per heavy atom. The highest BCUT2D eigenvalue weighted by atomic mass is 35.5. The highest BCUT2D eigenvalue weighted by Gasteiger charge is 2.13. The number of nitrogens with one attached hydrogen (secondary N) is 2. The van der Waals surface area contributed by atoms with Gasteiger partial charge in [-0.05, 0) is 19.2 Å². The number of amides is 1. The van der Waals surface area contributed by atoms with Crippen molar-refractivity contribution >= 4 is 41.5 Å². The van der Waals surface area contributed by atoms with Crippen molar-refractivity contribution in [1.82, 2.24) is 15.8 Å². The van der Waals surface area contributed by atoms with E-state index in [9.17, 15) is 4.79 Å². The van der Waals surface area contributed by atoms with E-state index in [1.807, 2.05) is 0 Å². The molecule has 23 heavy (non-hydrogen) atoms. The number of hydrogen-bond donors (Lipinski definition) is 2. The summed E-state index contributed by atoms with van der Waals surface area (Å²) in [6.07, 6.45) is 0. The average molecular weight is 381 g/mol. The largest absolute Gasteiger partial charge is 0.482 e. The maximum Gasteiger partial charge on any atom is 0.273 e. The van der Waals surface area contributed by atoms with Gasteiger partial charge in [-0.15, -0.1) is 12.4 Å². The van der Waals surface area contributed by atoms with E-state index in [-0.39, 0.29) is 30.6 Å². The molecular formula is C14H16Cl3N3O3. The summed E-state index contributed by atoms with van der Waals surface area (Å²) in [5.74, 6) is 0.457. The van der Waals surface area contributed by atoms with Gasteiger partial charge in [0.2, 0.25) is 0 Å². The van der Waals surface area contributed by atoms with Crippen LogP contribution in [0, 0.1) is 0 Å². The third kappa shape index (κ3) is 5.58. The number of nitrogens with zero attached hydrogens (tertiary/aromatic N) is 1. The summed E-state index contributed by atoms with van der Waals surface area (Å²) >= 11 is 12.0. The zero-order valence-corrected chi connectivity index (χ0v) is 14.6. The summed E-state index contributed by atoms with van der Waals surface area (Å²) in [6.45, 7) is 1.24. The van der Waals surface area contributed by atoms with Gasteiger partial charge in [-0.2, -0.15) is 0 Å². The molecule has 1 aromatic carbocycles. The van der Waals surface area contributed by atoms with Crippen molar-refractivity contribution in [3.63, 3.8) is 0 Å². The summed E-state index contributed by atoms with van der Waals surface area (Å²) < 4.78 is 10.6. The van der Waals surface area contributed by atoms with Crippen molar-refractivity contribution in [2.75, 3.05) is 20.1 Å². The van der Waals surface area contributed by atoms with Gasteiger partial charge in [0.25, 0.3) is 5.91 Å². The standard InChI is InChI=1S/C14H15Cl2N3O3.ClH/c1-17-5-6-18-14(20)12-7-9(22-19-12)8-21-13-10(15)3-2-4-11(13)16;/h2-4,7,17H,5-6,8H2,1H3,(H,18,20);1H. The van der Waals surface area contributed by atoms with Gasteiger partial charge >= 0.3 is 0 Å². The van der Waals surface area contributed by atoms with E-state index >= 15 is 0 Å². The molecule has 0 aliphatic rings. The van der Waals surface area contributed by atoms with E-state index in [4.69, 9.17) is 32.5 Å². The number of hydrogen-bond acceptors (Lipinski definition) is 5. The maximum atomic E-state index is 11.8. The molecule has 126 valence electrons. The zero-order chi connectivity index (χ0) is 15.9. The Morgan fingerprint density at radius 3 is 2.65 bits per heavy atom. The smallest absolute Gasteiger partial charge is 0.273 e. The number of carbonyl (C=O) groups is 1. The molecule has 2 rings (SSSR count). The number of ether oxygens (including phenoxy) is 1. The zero-order valence-electron chi connectivity index (χ0n) is 12.3. The summed E-state index contributed by atoms with van der Waals surface area (Å²) in [4.78, 5) is 11.8. The lowest BCUT2D eigenvalue weighted by atomic mass is 10.3. The third-order valence-electron chi connectivity index (χ3n) is 2.73. The van der Waals surface area contributed by atoms with Crippen molar-refractivity contribution < 1.29 is 14.1 Å². The predicted molar refractivity (Wildman–Crippen MR) is 90.8 cm³/mol. The molecular weight excluding hydrogens is 365 g/mol. The van der Waals surface area contributed by atoms with Gasteiger partial charge in [-0.25, -0.2) is 0 Å². The summed E-state index contributed by atoms with van der Waals surface area (Å²) in [7, 11) is 1.80. The first-order valence-corrected chi connectivity index (χ1v) is 7.32. The highest BCUT2D eigenvalue weighted by molar-refractivity contribution is 6.37. The van der Waals surface area contributed by atoms with Crippen LogP contribution in [0.1, 0.15) is 16.2 Å². The van der Waals surface area contributed by atoms with E-state index in [1.54, 1.807) is 25.2 Å². The Kier molecular flexibility index (Phi) is 8.19. The van der Waals surface area contributed by atoms with Crippen molar-refractivity contribution in [2.45, 2.75) is 6.61 Å². The summed E-state index contributed by atoms with van der Waals surface area (Å²) in [5, 5.41) is 10.1. The van der Waals surface area contributed by atoms with E-state index < -0.39 is 0 Å². The normalized spacial score (nSPS) is 10.0. The van der Waals surface area contributed by atoms with Crippen molar-refractivity contribution in [2.24, 2.45) is 0 Å². The molecule has 0 spiro atoms. The van der Waals surface area contributed by atoms with Crippen LogP contribution < -0.4 is 15.4 Å². The van der Waals surface area contributed by atoms with Gasteiger partial charge in [0, 0.05) is 19.2 Å². The SMILES string of the molecule is CNCCNC(=O)c1cc(COc2c(Cl)cccc2Cl)on1.Cl. The van der Waals surface area contributed by atoms with Crippen LogP contribution in [0.3, 0.4) is 0 Å². The van der Waals surface area contributed by atoms with Crippen molar-refractivity contribution in [3.8, 4) is 5.75 Å². The second-order valence-electron chi connectivity index (χ2n) is 4.38. The van der Waals surface area contributed by atoms with E-state index in [2.05, 4.69) is 15.8 Å². The van der Waals surface area contributed by atoms with Gasteiger partial charge in [0.1, 0.15) is 6.61 Å². The van der Waals surface area contributed by atoms with Gasteiger partial charge in [0.15, 0.2) is 17.2 Å². The fourth-order valence-corrected chi connectivity index (χ4v) is 2.15. The minimum absolute atomic E-state index is 0. The highest BCUT2D eigenvalue weighted by Crippen LogP contribution is 2.32. The van der Waals surface area contributed by atoms with Crippen LogP contribution in [0.15, 0.2) is 28.8 Å². The molecule has 0 saturated heterocycles. The van der Waals surface area contributed by atoms with Gasteiger partial charge in [0.05, 0.1) is 10.0 Å². The second kappa shape index (κ2) is 9.62. The lowest BCUT2D eigenvalue weighted by Crippen LogP contribution is -2.30. The first-order valence-electron chi connectivity index (χ1n) is 6.57. The first-order chi connectivity index (χ1) is 10.6. The molecule has 6 nitrogen and oxygen atoms in total. The van der Waals surface area contributed by atoms with Gasteiger partial charge in [-0.1, -0.05) is 34.4 Å². The average Bonchev–Trinajstić information content (AvgIpc) is 2.96. The molecule has 0 aliphatic carbocycles. The van der Waals surface area contributed by atoms with Crippen LogP contribution in [0.5, 0.6) is 5.75 Å². The molecule has 0 bridgehead atoms. The number of carbonyl (C=O) groups excluding carboxylic acids is 1. The second-order valence-corrected chi connectivity index (χ2v) is 5.19. The van der Waals surface area contributed by atoms with Crippen LogP contribution in [-0.4, -0.2) is 31.2 Å². The van der Waals surface area contributed by atoms with Crippen LogP contribution in [0.25, 0.3) is 0 Å². The lowest BCUT2D eigenvalue weighted by Gasteiger charge is -2.07. The maximum absolute atomic E-state index is 11.8. The van der Waals surface area contributed by atoms with Crippen LogP contribution in [-0.2, 0) is 6.61 Å². The quantitative estimate of drug-likeness (QED) is 0.722. The molecule has 0 saturated carbocycles. The Morgan fingerprint density at radius 2 is 2.00 bits per heavy atom. The Hall–Kier alpha value is -1.47. The molecule has 0 fully saturated rings. The number of benzene rings is 1. The number of likely N-dealkylation sites (N-methyl/N-ethyl adjacent to an activating group) is 1. The number of halogens is 3. The molecule has 0 atom stereocenters. The molecule has 1 amide bonds. The molecule has 0 aliphatic heterocycles. The Balaban J connectivity index is 0.00000264. The van der Waals surface area contributed by atoms with Gasteiger partial charge in [-0.3, -0.25) is 4.79 Å². The van der Waals surface area contributed by atoms with E-state index in [0.717, 1.165) is 0 Å². The van der Waals surface area contributed by atoms with E-state index in [1.165, 1.54) is 6.07 Å². The molecule has 2 aromatic rings. The summed E-state index contributed by atoms with van der Waals surface area (Å²) in [5.41, 5.74) is 0.194. The van der Waals surface area contributed by atoms with Crippen LogP contribution in [0.4, 0.5) is 0 Å². The number of rotatable bonds is 7. The van der Waals surface area contributed by atoms with Gasteiger partial charge < -0.3 is 19.9 Å². The minimum Gasteiger partial charge on any atom is -0.482 e. The van der Waals surface area contributed by atoms with E-state index in [0.29, 0.717) is 34.6 Å². The van der Waals surface area contributed by atoms with Crippen molar-refractivity contribution in [1.29, 1.82) is 0 Å². The van der Waals surface area contributed by atoms with Crippen LogP contribution >= 0.6 is 35.6 Å². The molecule has 2 N–H and O–H groups in total. The monoisotopic (exact) mass is 379 g/mol. The molecule has 0 radical (unpaired) electrons. The predicted octanol–water partition coefficient (Wildman–Crippen LogP) is 2.93. The molecule has 1 heterocycles. The fourth-order valence-electron chi connectivity index (χ4n) is 1.64. The summed E-state index contributed by atoms with van der Waals surface area (Å²) in [6, 6.07) is 6.58. The molecule has 1 aromatic heterocycles. The minimum atomic E-state index is -0.305. The van der Waals surface area contributed by atoms with Crippen LogP contribution in [0.2, 0.25) is 10.0 Å². The Bertz CT molecular complexity index is 629. The number of aromatic nitrogens is 1. The molecule has 9 heteroatoms. The first kappa shape index (κ1) is 19.6. The topological polar surface area (TPSA) is 76.4 Å². The van der Waals surface area contributed by atoms with Crippen molar-refractivity contribution in [3.05, 3.63) is 45.8 Å². The lowest BCUT2D eigenvalue weighted by molar-refractivity contribution is 0.0944. The third-order valence-corrected chi connectivity index (χ3v) is 3.33. The molecule has 0 unspecified atom stereocenters. The number of para-hydroxylation sites is 1. The Labute approximate surface area is 149 Å².